The molecule has 4 unspecified atom stereocenters. The van der Waals surface area contributed by atoms with E-state index in [1.807, 2.05) is 0 Å². The summed E-state index contributed by atoms with van der Waals surface area (Å²) in [6.45, 7) is 8.59. The van der Waals surface area contributed by atoms with E-state index in [9.17, 15) is 5.11 Å². The van der Waals surface area contributed by atoms with Crippen LogP contribution in [0.4, 0.5) is 0 Å². The smallest absolute Gasteiger partial charge is 0.161 e. The average Bonchev–Trinajstić information content (AvgIpc) is 2.71. The molecule has 4 atom stereocenters. The summed E-state index contributed by atoms with van der Waals surface area (Å²) in [5, 5.41) is 11.9. The average molecular weight is 406 g/mol. The van der Waals surface area contributed by atoms with Crippen LogP contribution in [0, 0.1) is 11.8 Å². The molecule has 0 aliphatic carbocycles. The van der Waals surface area contributed by atoms with Crippen molar-refractivity contribution in [3.63, 3.8) is 0 Å². The topological polar surface area (TPSA) is 51.2 Å². The standard InChI is InChI=1S/C24H39NO4/c1-16(2)11-19-15-25-10-8-18-12-22(28-5)23(29-6)13-20(18)21(25)14-24(19,26)9-7-17(3)27-4/h12-13,16-17,19,21,26H,7-11,14-15H2,1-6H3. The zero-order chi connectivity index (χ0) is 21.2. The lowest BCUT2D eigenvalue weighted by Crippen LogP contribution is -2.55. The van der Waals surface area contributed by atoms with Crippen LogP contribution in [-0.4, -0.2) is 56.1 Å². The summed E-state index contributed by atoms with van der Waals surface area (Å²) in [5.74, 6) is 2.43. The van der Waals surface area contributed by atoms with Gasteiger partial charge in [0, 0.05) is 32.2 Å². The molecule has 0 aromatic heterocycles. The van der Waals surface area contributed by atoms with E-state index in [-0.39, 0.29) is 12.1 Å². The number of aliphatic hydroxyl groups is 1. The first kappa shape index (κ1) is 22.4. The normalized spacial score (nSPS) is 28.0. The second kappa shape index (κ2) is 9.23. The minimum atomic E-state index is -0.667. The number of ether oxygens (including phenoxy) is 3. The third-order valence-electron chi connectivity index (χ3n) is 7.02. The summed E-state index contributed by atoms with van der Waals surface area (Å²) in [6.07, 6.45) is 4.67. The SMILES string of the molecule is COc1cc2c(cc1OC)C1CC(O)(CCC(C)OC)C(CC(C)C)CN1CC2. The molecule has 2 heterocycles. The highest BCUT2D eigenvalue weighted by molar-refractivity contribution is 5.49. The van der Waals surface area contributed by atoms with Gasteiger partial charge in [0.05, 0.1) is 25.9 Å². The molecule has 1 aromatic rings. The third kappa shape index (κ3) is 4.73. The molecule has 1 fully saturated rings. The maximum Gasteiger partial charge on any atom is 0.161 e. The third-order valence-corrected chi connectivity index (χ3v) is 7.02. The van der Waals surface area contributed by atoms with Crippen LogP contribution in [0.25, 0.3) is 0 Å². The molecule has 5 nitrogen and oxygen atoms in total. The zero-order valence-electron chi connectivity index (χ0n) is 19.0. The van der Waals surface area contributed by atoms with Gasteiger partial charge in [-0.05, 0) is 68.2 Å². The van der Waals surface area contributed by atoms with E-state index in [1.165, 1.54) is 11.1 Å². The number of fused-ring (bicyclic) bond motifs is 3. The van der Waals surface area contributed by atoms with Gasteiger partial charge in [-0.15, -0.1) is 0 Å². The van der Waals surface area contributed by atoms with Crippen molar-refractivity contribution in [1.82, 2.24) is 4.90 Å². The van der Waals surface area contributed by atoms with E-state index < -0.39 is 5.60 Å². The lowest BCUT2D eigenvalue weighted by molar-refractivity contribution is -0.113. The summed E-state index contributed by atoms with van der Waals surface area (Å²) in [4.78, 5) is 2.58. The number of piperidine rings is 1. The monoisotopic (exact) mass is 405 g/mol. The van der Waals surface area contributed by atoms with Crippen LogP contribution in [0.15, 0.2) is 12.1 Å². The van der Waals surface area contributed by atoms with Crippen LogP contribution in [-0.2, 0) is 11.2 Å². The van der Waals surface area contributed by atoms with Crippen molar-refractivity contribution in [1.29, 1.82) is 0 Å². The largest absolute Gasteiger partial charge is 0.493 e. The molecule has 0 radical (unpaired) electrons. The van der Waals surface area contributed by atoms with Crippen LogP contribution in [0.3, 0.4) is 0 Å². The molecule has 1 aromatic carbocycles. The molecule has 1 N–H and O–H groups in total. The Labute approximate surface area is 176 Å². The van der Waals surface area contributed by atoms with Gasteiger partial charge >= 0.3 is 0 Å². The van der Waals surface area contributed by atoms with Crippen molar-refractivity contribution in [2.75, 3.05) is 34.4 Å². The Balaban J connectivity index is 1.91. The van der Waals surface area contributed by atoms with Gasteiger partial charge in [-0.3, -0.25) is 4.90 Å². The van der Waals surface area contributed by atoms with Crippen LogP contribution in [0.5, 0.6) is 11.5 Å². The van der Waals surface area contributed by atoms with Crippen molar-refractivity contribution < 1.29 is 19.3 Å². The first-order valence-electron chi connectivity index (χ1n) is 11.0. The number of hydrogen-bond acceptors (Lipinski definition) is 5. The number of nitrogens with zero attached hydrogens (tertiary/aromatic N) is 1. The van der Waals surface area contributed by atoms with Gasteiger partial charge in [0.2, 0.25) is 0 Å². The molecule has 5 heteroatoms. The fraction of sp³-hybridized carbons (Fsp3) is 0.750. The Morgan fingerprint density at radius 1 is 1.14 bits per heavy atom. The zero-order valence-corrected chi connectivity index (χ0v) is 19.0. The maximum atomic E-state index is 11.9. The second-order valence-corrected chi connectivity index (χ2v) is 9.39. The van der Waals surface area contributed by atoms with E-state index in [1.54, 1.807) is 21.3 Å². The fourth-order valence-electron chi connectivity index (χ4n) is 5.23. The fourth-order valence-corrected chi connectivity index (χ4v) is 5.23. The van der Waals surface area contributed by atoms with Gasteiger partial charge in [0.15, 0.2) is 11.5 Å². The Kier molecular flexibility index (Phi) is 7.13. The molecule has 2 aliphatic heterocycles. The van der Waals surface area contributed by atoms with E-state index in [0.717, 1.165) is 56.7 Å². The van der Waals surface area contributed by atoms with Gasteiger partial charge in [-0.25, -0.2) is 0 Å². The van der Waals surface area contributed by atoms with Gasteiger partial charge in [-0.1, -0.05) is 13.8 Å². The molecule has 0 amide bonds. The number of rotatable bonds is 8. The second-order valence-electron chi connectivity index (χ2n) is 9.39. The van der Waals surface area contributed by atoms with Crippen molar-refractivity contribution in [2.24, 2.45) is 11.8 Å². The highest BCUT2D eigenvalue weighted by Crippen LogP contribution is 2.48. The summed E-state index contributed by atoms with van der Waals surface area (Å²) in [7, 11) is 5.12. The van der Waals surface area contributed by atoms with Crippen molar-refractivity contribution >= 4 is 0 Å². The predicted octanol–water partition coefficient (Wildman–Crippen LogP) is 4.22. The summed E-state index contributed by atoms with van der Waals surface area (Å²) < 4.78 is 16.6. The van der Waals surface area contributed by atoms with Crippen molar-refractivity contribution in [3.8, 4) is 11.5 Å². The van der Waals surface area contributed by atoms with Gasteiger partial charge in [0.25, 0.3) is 0 Å². The number of hydrogen-bond donors (Lipinski definition) is 1. The van der Waals surface area contributed by atoms with Crippen LogP contribution in [0.2, 0.25) is 0 Å². The Morgan fingerprint density at radius 3 is 2.45 bits per heavy atom. The van der Waals surface area contributed by atoms with Gasteiger partial charge < -0.3 is 19.3 Å². The van der Waals surface area contributed by atoms with E-state index in [4.69, 9.17) is 14.2 Å². The van der Waals surface area contributed by atoms with Gasteiger partial charge in [0.1, 0.15) is 0 Å². The summed E-state index contributed by atoms with van der Waals surface area (Å²) >= 11 is 0. The molecular weight excluding hydrogens is 366 g/mol. The lowest BCUT2D eigenvalue weighted by atomic mass is 9.69. The van der Waals surface area contributed by atoms with Gasteiger partial charge in [-0.2, -0.15) is 0 Å². The van der Waals surface area contributed by atoms with E-state index in [2.05, 4.69) is 37.8 Å². The summed E-state index contributed by atoms with van der Waals surface area (Å²) in [6, 6.07) is 4.48. The molecule has 0 saturated carbocycles. The molecule has 1 saturated heterocycles. The predicted molar refractivity (Wildman–Crippen MR) is 116 cm³/mol. The van der Waals surface area contributed by atoms with Crippen LogP contribution < -0.4 is 9.47 Å². The van der Waals surface area contributed by atoms with Crippen LogP contribution in [0.1, 0.15) is 63.6 Å². The Bertz CT molecular complexity index is 692. The lowest BCUT2D eigenvalue weighted by Gasteiger charge is -2.52. The first-order chi connectivity index (χ1) is 13.8. The van der Waals surface area contributed by atoms with Crippen LogP contribution >= 0.6 is 0 Å². The number of methoxy groups -OCH3 is 3. The minimum Gasteiger partial charge on any atom is -0.493 e. The summed E-state index contributed by atoms with van der Waals surface area (Å²) in [5.41, 5.74) is 1.94. The Hall–Kier alpha value is -1.30. The molecule has 3 rings (SSSR count). The van der Waals surface area contributed by atoms with E-state index in [0.29, 0.717) is 11.8 Å². The number of benzene rings is 1. The molecule has 0 bridgehead atoms. The molecule has 2 aliphatic rings. The Morgan fingerprint density at radius 2 is 1.83 bits per heavy atom. The minimum absolute atomic E-state index is 0.166. The van der Waals surface area contributed by atoms with Crippen molar-refractivity contribution in [2.45, 2.75) is 70.6 Å². The maximum absolute atomic E-state index is 11.9. The van der Waals surface area contributed by atoms with E-state index >= 15 is 0 Å². The highest BCUT2D eigenvalue weighted by atomic mass is 16.5. The first-order valence-corrected chi connectivity index (χ1v) is 11.0. The highest BCUT2D eigenvalue weighted by Gasteiger charge is 2.47. The molecular formula is C24H39NO4. The molecule has 29 heavy (non-hydrogen) atoms. The quantitative estimate of drug-likeness (QED) is 0.702. The molecule has 0 spiro atoms. The molecule has 164 valence electrons. The van der Waals surface area contributed by atoms with Crippen molar-refractivity contribution in [3.05, 3.63) is 23.3 Å².